The molecule has 3 rings (SSSR count). The molecule has 2 nitrogen and oxygen atoms in total. The zero-order valence-electron chi connectivity index (χ0n) is 15.1. The fourth-order valence-electron chi connectivity index (χ4n) is 3.60. The highest BCUT2D eigenvalue weighted by molar-refractivity contribution is 7.91. The molecule has 1 aliphatic rings. The first-order chi connectivity index (χ1) is 12.2. The third-order valence-electron chi connectivity index (χ3n) is 5.37. The maximum absolute atomic E-state index is 12.8. The average molecular weight is 411 g/mol. The second kappa shape index (κ2) is 7.53. The molecule has 0 radical (unpaired) electrons. The van der Waals surface area contributed by atoms with E-state index in [9.17, 15) is 8.42 Å². The molecule has 2 aromatic carbocycles. The van der Waals surface area contributed by atoms with Crippen molar-refractivity contribution in [1.29, 1.82) is 0 Å². The van der Waals surface area contributed by atoms with Gasteiger partial charge in [-0.15, -0.1) is 0 Å². The quantitative estimate of drug-likeness (QED) is 0.564. The van der Waals surface area contributed by atoms with Crippen LogP contribution in [0, 0.1) is 11.3 Å². The third-order valence-corrected chi connectivity index (χ3v) is 7.82. The Morgan fingerprint density at radius 1 is 1.00 bits per heavy atom. The standard InChI is InChI=1S/C21H24Cl2O2S/c1-21(2)11-9-15(10-12-21)14-26(24,25)18-6-3-16(4-7-18)19-8-5-17(22)13-20(19)23/h3-8,13,15H,9-12,14H2,1-2H3. The van der Waals surface area contributed by atoms with Crippen LogP contribution in [-0.2, 0) is 9.84 Å². The minimum atomic E-state index is -3.27. The van der Waals surface area contributed by atoms with E-state index in [0.29, 0.717) is 20.4 Å². The third kappa shape index (κ3) is 4.62. The Bertz CT molecular complexity index is 877. The van der Waals surface area contributed by atoms with Gasteiger partial charge in [-0.3, -0.25) is 0 Å². The number of benzene rings is 2. The molecule has 1 saturated carbocycles. The summed E-state index contributed by atoms with van der Waals surface area (Å²) in [6.07, 6.45) is 4.18. The normalized spacial score (nSPS) is 18.0. The van der Waals surface area contributed by atoms with Crippen molar-refractivity contribution in [2.24, 2.45) is 11.3 Å². The van der Waals surface area contributed by atoms with Crippen LogP contribution in [0.1, 0.15) is 39.5 Å². The zero-order chi connectivity index (χ0) is 18.9. The van der Waals surface area contributed by atoms with Crippen LogP contribution in [0.25, 0.3) is 11.1 Å². The lowest BCUT2D eigenvalue weighted by Gasteiger charge is -2.34. The van der Waals surface area contributed by atoms with Gasteiger partial charge in [0.1, 0.15) is 0 Å². The summed E-state index contributed by atoms with van der Waals surface area (Å²) in [4.78, 5) is 0.385. The number of hydrogen-bond acceptors (Lipinski definition) is 2. The van der Waals surface area contributed by atoms with Crippen LogP contribution in [0.2, 0.25) is 10.0 Å². The monoisotopic (exact) mass is 410 g/mol. The maximum Gasteiger partial charge on any atom is 0.178 e. The van der Waals surface area contributed by atoms with Crippen LogP contribution < -0.4 is 0 Å². The molecule has 0 bridgehead atoms. The number of hydrogen-bond donors (Lipinski definition) is 0. The second-order valence-corrected chi connectivity index (χ2v) is 10.9. The molecule has 0 saturated heterocycles. The number of rotatable bonds is 4. The lowest BCUT2D eigenvalue weighted by atomic mass is 9.74. The van der Waals surface area contributed by atoms with Gasteiger partial charge in [0.25, 0.3) is 0 Å². The smallest absolute Gasteiger partial charge is 0.178 e. The Hall–Kier alpha value is -1.03. The minimum Gasteiger partial charge on any atom is -0.224 e. The first-order valence-electron chi connectivity index (χ1n) is 8.95. The Kier molecular flexibility index (Phi) is 5.72. The molecular formula is C21H24Cl2O2S. The highest BCUT2D eigenvalue weighted by atomic mass is 35.5. The lowest BCUT2D eigenvalue weighted by molar-refractivity contribution is 0.202. The summed E-state index contributed by atoms with van der Waals surface area (Å²) in [6, 6.07) is 12.3. The van der Waals surface area contributed by atoms with Crippen molar-refractivity contribution >= 4 is 33.0 Å². The zero-order valence-corrected chi connectivity index (χ0v) is 17.5. The number of sulfone groups is 1. The van der Waals surface area contributed by atoms with Gasteiger partial charge in [-0.25, -0.2) is 8.42 Å². The van der Waals surface area contributed by atoms with Crippen molar-refractivity contribution in [2.75, 3.05) is 5.75 Å². The van der Waals surface area contributed by atoms with Gasteiger partial charge < -0.3 is 0 Å². The summed E-state index contributed by atoms with van der Waals surface area (Å²) in [5.41, 5.74) is 2.07. The van der Waals surface area contributed by atoms with Gasteiger partial charge >= 0.3 is 0 Å². The van der Waals surface area contributed by atoms with Gasteiger partial charge in [-0.2, -0.15) is 0 Å². The molecule has 5 heteroatoms. The average Bonchev–Trinajstić information content (AvgIpc) is 2.57. The van der Waals surface area contributed by atoms with Gasteiger partial charge in [0.2, 0.25) is 0 Å². The first kappa shape index (κ1) is 19.7. The van der Waals surface area contributed by atoms with Crippen LogP contribution in [0.15, 0.2) is 47.4 Å². The van der Waals surface area contributed by atoms with E-state index >= 15 is 0 Å². The van der Waals surface area contributed by atoms with E-state index in [1.165, 1.54) is 0 Å². The van der Waals surface area contributed by atoms with E-state index in [2.05, 4.69) is 13.8 Å². The summed E-state index contributed by atoms with van der Waals surface area (Å²) in [5.74, 6) is 0.503. The van der Waals surface area contributed by atoms with E-state index in [-0.39, 0.29) is 11.7 Å². The van der Waals surface area contributed by atoms with Gasteiger partial charge in [0.15, 0.2) is 9.84 Å². The van der Waals surface area contributed by atoms with Crippen LogP contribution in [0.5, 0.6) is 0 Å². The SMILES string of the molecule is CC1(C)CCC(CS(=O)(=O)c2ccc(-c3ccc(Cl)cc3Cl)cc2)CC1. The molecule has 0 atom stereocenters. The molecule has 0 heterocycles. The summed E-state index contributed by atoms with van der Waals surface area (Å²) >= 11 is 12.2. The molecule has 0 N–H and O–H groups in total. The van der Waals surface area contributed by atoms with Gasteiger partial charge in [-0.1, -0.05) is 55.2 Å². The molecule has 140 valence electrons. The largest absolute Gasteiger partial charge is 0.224 e. The van der Waals surface area contributed by atoms with Crippen molar-refractivity contribution in [2.45, 2.75) is 44.4 Å². The molecule has 1 fully saturated rings. The van der Waals surface area contributed by atoms with Crippen LogP contribution in [0.3, 0.4) is 0 Å². The lowest BCUT2D eigenvalue weighted by Crippen LogP contribution is -2.26. The van der Waals surface area contributed by atoms with Crippen LogP contribution in [-0.4, -0.2) is 14.2 Å². The van der Waals surface area contributed by atoms with Crippen molar-refractivity contribution in [3.63, 3.8) is 0 Å². The second-order valence-electron chi connectivity index (χ2n) is 8.04. The molecule has 0 amide bonds. The summed E-state index contributed by atoms with van der Waals surface area (Å²) < 4.78 is 25.6. The fraction of sp³-hybridized carbons (Fsp3) is 0.429. The van der Waals surface area contributed by atoms with Crippen LogP contribution in [0.4, 0.5) is 0 Å². The van der Waals surface area contributed by atoms with Crippen molar-refractivity contribution in [3.8, 4) is 11.1 Å². The topological polar surface area (TPSA) is 34.1 Å². The van der Waals surface area contributed by atoms with E-state index in [4.69, 9.17) is 23.2 Å². The Morgan fingerprint density at radius 2 is 1.62 bits per heavy atom. The minimum absolute atomic E-state index is 0.240. The maximum atomic E-state index is 12.8. The molecule has 2 aromatic rings. The highest BCUT2D eigenvalue weighted by Gasteiger charge is 2.30. The van der Waals surface area contributed by atoms with E-state index in [1.54, 1.807) is 24.3 Å². The molecule has 0 unspecified atom stereocenters. The first-order valence-corrected chi connectivity index (χ1v) is 11.4. The molecule has 0 aliphatic heterocycles. The molecular weight excluding hydrogens is 387 g/mol. The van der Waals surface area contributed by atoms with Gasteiger partial charge in [0, 0.05) is 15.6 Å². The fourth-order valence-corrected chi connectivity index (χ4v) is 5.81. The Morgan fingerprint density at radius 3 is 2.19 bits per heavy atom. The van der Waals surface area contributed by atoms with E-state index < -0.39 is 9.84 Å². The predicted molar refractivity (Wildman–Crippen MR) is 110 cm³/mol. The summed E-state index contributed by atoms with van der Waals surface area (Å²) in [6.45, 7) is 4.52. The Labute approximate surface area is 166 Å². The summed E-state index contributed by atoms with van der Waals surface area (Å²) in [7, 11) is -3.27. The number of halogens is 2. The predicted octanol–water partition coefficient (Wildman–Crippen LogP) is 6.65. The van der Waals surface area contributed by atoms with E-state index in [1.807, 2.05) is 18.2 Å². The van der Waals surface area contributed by atoms with Crippen LogP contribution >= 0.6 is 23.2 Å². The molecule has 1 aliphatic carbocycles. The molecule has 0 spiro atoms. The highest BCUT2D eigenvalue weighted by Crippen LogP contribution is 2.39. The van der Waals surface area contributed by atoms with Gasteiger partial charge in [0.05, 0.1) is 10.6 Å². The molecule has 26 heavy (non-hydrogen) atoms. The van der Waals surface area contributed by atoms with Gasteiger partial charge in [-0.05, 0) is 66.8 Å². The van der Waals surface area contributed by atoms with E-state index in [0.717, 1.165) is 36.8 Å². The summed E-state index contributed by atoms with van der Waals surface area (Å²) in [5, 5.41) is 1.13. The van der Waals surface area contributed by atoms with Crippen molar-refractivity contribution < 1.29 is 8.42 Å². The molecule has 0 aromatic heterocycles. The van der Waals surface area contributed by atoms with Crippen molar-refractivity contribution in [3.05, 3.63) is 52.5 Å². The Balaban J connectivity index is 1.75. The van der Waals surface area contributed by atoms with Crippen molar-refractivity contribution in [1.82, 2.24) is 0 Å².